The Morgan fingerprint density at radius 1 is 1.17 bits per heavy atom. The zero-order chi connectivity index (χ0) is 8.48. The van der Waals surface area contributed by atoms with E-state index in [0.29, 0.717) is 0 Å². The van der Waals surface area contributed by atoms with E-state index in [0.717, 1.165) is 5.56 Å². The average Bonchev–Trinajstić information content (AvgIpc) is 1.86. The molecule has 0 aliphatic heterocycles. The van der Waals surface area contributed by atoms with E-state index in [-0.39, 0.29) is 42.6 Å². The van der Waals surface area contributed by atoms with Crippen molar-refractivity contribution >= 4 is 47.8 Å². The van der Waals surface area contributed by atoms with Gasteiger partial charge in [-0.05, 0) is 19.1 Å². The van der Waals surface area contributed by atoms with Crippen LogP contribution in [-0.2, 0) is 10.0 Å². The van der Waals surface area contributed by atoms with Crippen LogP contribution in [0.1, 0.15) is 5.56 Å². The fourth-order valence-corrected chi connectivity index (χ4v) is 1.24. The van der Waals surface area contributed by atoms with E-state index in [1.54, 1.807) is 12.1 Å². The number of sulfonamides is 1. The first-order valence-electron chi connectivity index (χ1n) is 3.09. The molecule has 1 aromatic carbocycles. The minimum absolute atomic E-state index is 0. The van der Waals surface area contributed by atoms with Gasteiger partial charge in [0, 0.05) is 0 Å². The van der Waals surface area contributed by atoms with Crippen LogP contribution in [0.4, 0.5) is 0 Å². The Bertz CT molecular complexity index is 344. The van der Waals surface area contributed by atoms with E-state index in [2.05, 4.69) is 0 Å². The molecule has 0 amide bonds. The first-order chi connectivity index (χ1) is 5.00. The zero-order valence-electron chi connectivity index (χ0n) is 6.11. The molecular weight excluding hydrogens is 202 g/mol. The summed E-state index contributed by atoms with van der Waals surface area (Å²) in [7, 11) is -3.52. The van der Waals surface area contributed by atoms with Crippen molar-refractivity contribution in [2.75, 3.05) is 0 Å². The van der Waals surface area contributed by atoms with Crippen molar-refractivity contribution in [2.45, 2.75) is 11.8 Å². The number of rotatable bonds is 1. The van der Waals surface area contributed by atoms with E-state index in [1.165, 1.54) is 12.1 Å². The van der Waals surface area contributed by atoms with Crippen LogP contribution in [-0.4, -0.2) is 46.2 Å². The molecule has 3 nitrogen and oxygen atoms in total. The quantitative estimate of drug-likeness (QED) is 0.653. The first kappa shape index (κ1) is 12.4. The summed E-state index contributed by atoms with van der Waals surface area (Å²) in [6.07, 6.45) is 0. The molecule has 0 spiro atoms. The van der Waals surface area contributed by atoms with Crippen molar-refractivity contribution in [2.24, 2.45) is 5.14 Å². The Hall–Kier alpha value is 0.390. The van der Waals surface area contributed by atoms with Gasteiger partial charge in [0.15, 0.2) is 0 Å². The second-order valence-electron chi connectivity index (χ2n) is 2.36. The molecule has 0 aliphatic carbocycles. The van der Waals surface area contributed by atoms with Crippen molar-refractivity contribution in [3.05, 3.63) is 29.8 Å². The molecule has 12 heavy (non-hydrogen) atoms. The molecule has 2 N–H and O–H groups in total. The summed E-state index contributed by atoms with van der Waals surface area (Å²) in [5.74, 6) is 0. The van der Waals surface area contributed by atoms with E-state index in [9.17, 15) is 8.42 Å². The Balaban J connectivity index is 0.00000121. The Labute approximate surface area is 102 Å². The maximum absolute atomic E-state index is 10.7. The number of hydrogen-bond acceptors (Lipinski definition) is 2. The predicted molar refractivity (Wildman–Crippen MR) is 51.1 cm³/mol. The van der Waals surface area contributed by atoms with Crippen LogP contribution in [0, 0.1) is 6.92 Å². The van der Waals surface area contributed by atoms with Crippen LogP contribution in [0.15, 0.2) is 29.2 Å². The second-order valence-corrected chi connectivity index (χ2v) is 3.92. The maximum atomic E-state index is 10.7. The molecule has 5 heteroatoms. The third-order valence-electron chi connectivity index (χ3n) is 1.35. The monoisotopic (exact) mass is 213 g/mol. The fraction of sp³-hybridized carbons (Fsp3) is 0.143. The van der Waals surface area contributed by atoms with Crippen LogP contribution in [0.2, 0.25) is 0 Å². The SMILES string of the molecule is Cc1ccc(S(N)(=O)=O)cc1.[CaH2]. The van der Waals surface area contributed by atoms with Crippen molar-refractivity contribution in [1.82, 2.24) is 0 Å². The van der Waals surface area contributed by atoms with Gasteiger partial charge in [0.2, 0.25) is 10.0 Å². The molecule has 64 valence electrons. The van der Waals surface area contributed by atoms with Gasteiger partial charge < -0.3 is 0 Å². The van der Waals surface area contributed by atoms with Gasteiger partial charge in [-0.3, -0.25) is 0 Å². The van der Waals surface area contributed by atoms with Crippen molar-refractivity contribution in [3.8, 4) is 0 Å². The number of primary sulfonamides is 1. The minimum atomic E-state index is -3.52. The summed E-state index contributed by atoms with van der Waals surface area (Å²) in [6, 6.07) is 6.40. The second kappa shape index (κ2) is 4.58. The third-order valence-corrected chi connectivity index (χ3v) is 2.28. The van der Waals surface area contributed by atoms with Crippen molar-refractivity contribution < 1.29 is 8.42 Å². The zero-order valence-corrected chi connectivity index (χ0v) is 6.93. The van der Waals surface area contributed by atoms with Crippen molar-refractivity contribution in [1.29, 1.82) is 0 Å². The van der Waals surface area contributed by atoms with Crippen LogP contribution in [0.5, 0.6) is 0 Å². The molecule has 0 heterocycles. The van der Waals surface area contributed by atoms with Gasteiger partial charge in [-0.25, -0.2) is 13.6 Å². The summed E-state index contributed by atoms with van der Waals surface area (Å²) >= 11 is 0. The Morgan fingerprint density at radius 2 is 1.58 bits per heavy atom. The molecular formula is C7H11CaNO2S. The van der Waals surface area contributed by atoms with Gasteiger partial charge in [0.25, 0.3) is 0 Å². The molecule has 0 aromatic heterocycles. The molecule has 1 rings (SSSR count). The van der Waals surface area contributed by atoms with Gasteiger partial charge in [-0.15, -0.1) is 0 Å². The summed E-state index contributed by atoms with van der Waals surface area (Å²) in [4.78, 5) is 0.156. The molecule has 0 bridgehead atoms. The van der Waals surface area contributed by atoms with Crippen LogP contribution in [0.25, 0.3) is 0 Å². The van der Waals surface area contributed by atoms with Gasteiger partial charge in [0.05, 0.1) is 4.90 Å². The molecule has 1 aromatic rings. The van der Waals surface area contributed by atoms with E-state index < -0.39 is 10.0 Å². The average molecular weight is 213 g/mol. The summed E-state index contributed by atoms with van der Waals surface area (Å²) in [5, 5.41) is 4.88. The Kier molecular flexibility index (Phi) is 4.73. The normalized spacial score (nSPS) is 10.5. The van der Waals surface area contributed by atoms with Gasteiger partial charge in [-0.2, -0.15) is 0 Å². The van der Waals surface area contributed by atoms with E-state index in [4.69, 9.17) is 5.14 Å². The van der Waals surface area contributed by atoms with Gasteiger partial charge >= 0.3 is 37.7 Å². The summed E-state index contributed by atoms with van der Waals surface area (Å²) in [6.45, 7) is 1.88. The van der Waals surface area contributed by atoms with Gasteiger partial charge in [-0.1, -0.05) is 17.7 Å². The van der Waals surface area contributed by atoms with Crippen LogP contribution >= 0.6 is 0 Å². The number of benzene rings is 1. The summed E-state index contributed by atoms with van der Waals surface area (Å²) in [5.41, 5.74) is 1.01. The van der Waals surface area contributed by atoms with E-state index in [1.807, 2.05) is 6.92 Å². The molecule has 0 saturated heterocycles. The van der Waals surface area contributed by atoms with Crippen molar-refractivity contribution in [3.63, 3.8) is 0 Å². The topological polar surface area (TPSA) is 60.2 Å². The number of aryl methyl sites for hydroxylation is 1. The number of hydrogen-bond donors (Lipinski definition) is 1. The third kappa shape index (κ3) is 3.41. The molecule has 0 unspecified atom stereocenters. The molecule has 0 fully saturated rings. The molecule has 0 radical (unpaired) electrons. The fourth-order valence-electron chi connectivity index (χ4n) is 0.728. The molecule has 0 atom stereocenters. The first-order valence-corrected chi connectivity index (χ1v) is 4.64. The summed E-state index contributed by atoms with van der Waals surface area (Å²) < 4.78 is 21.4. The Morgan fingerprint density at radius 3 is 1.92 bits per heavy atom. The van der Waals surface area contributed by atoms with Crippen LogP contribution < -0.4 is 5.14 Å². The standard InChI is InChI=1S/C7H9NO2S.Ca.2H/c1-6-2-4-7(5-3-6)11(8,9)10;;;/h2-5H,1H3,(H2,8,9,10);;;. The molecule has 0 aliphatic rings. The number of nitrogens with two attached hydrogens (primary N) is 1. The molecule has 0 saturated carbocycles. The van der Waals surface area contributed by atoms with E-state index >= 15 is 0 Å². The predicted octanol–water partition coefficient (Wildman–Crippen LogP) is -0.274. The van der Waals surface area contributed by atoms with Crippen LogP contribution in [0.3, 0.4) is 0 Å². The van der Waals surface area contributed by atoms with Gasteiger partial charge in [0.1, 0.15) is 0 Å².